The molecular formula is C48H30NOW-3. The largest absolute Gasteiger partial charge is 0.456 e. The minimum atomic E-state index is 0. The molecule has 2 heterocycles. The van der Waals surface area contributed by atoms with E-state index in [0.717, 1.165) is 49.8 Å². The SMILES string of the molecule is [W].[c-]1ccc2c3ccccc3n(-c3cccc4oc5cc(-c6ccc(-c7ccccc7)cc6)ccc5c34)c2c1.[c-]1ccccc1-c1[c-]cccc1. The first-order valence-corrected chi connectivity index (χ1v) is 16.8. The summed E-state index contributed by atoms with van der Waals surface area (Å²) < 4.78 is 8.79. The number of para-hydroxylation sites is 1. The Morgan fingerprint density at radius 3 is 1.78 bits per heavy atom. The van der Waals surface area contributed by atoms with Crippen molar-refractivity contribution in [2.45, 2.75) is 0 Å². The third kappa shape index (κ3) is 6.09. The molecule has 0 fully saturated rings. The number of aromatic nitrogens is 1. The summed E-state index contributed by atoms with van der Waals surface area (Å²) in [6.07, 6.45) is 0. The van der Waals surface area contributed by atoms with Gasteiger partial charge in [-0.05, 0) is 58.0 Å². The van der Waals surface area contributed by atoms with Crippen LogP contribution < -0.4 is 0 Å². The Kier molecular flexibility index (Phi) is 8.93. The zero-order chi connectivity index (χ0) is 33.3. The molecule has 0 aliphatic heterocycles. The molecule has 10 aromatic rings. The molecule has 2 nitrogen and oxygen atoms in total. The molecule has 2 aromatic heterocycles. The fraction of sp³-hybridized carbons (Fsp3) is 0. The molecular weight excluding hydrogens is 790 g/mol. The van der Waals surface area contributed by atoms with Crippen LogP contribution in [0.4, 0.5) is 0 Å². The van der Waals surface area contributed by atoms with Gasteiger partial charge in [0.1, 0.15) is 11.2 Å². The van der Waals surface area contributed by atoms with Crippen molar-refractivity contribution in [1.82, 2.24) is 4.57 Å². The molecule has 0 aliphatic carbocycles. The number of fused-ring (bicyclic) bond motifs is 6. The van der Waals surface area contributed by atoms with Crippen LogP contribution in [-0.2, 0) is 21.1 Å². The summed E-state index contributed by atoms with van der Waals surface area (Å²) >= 11 is 0. The van der Waals surface area contributed by atoms with Crippen LogP contribution in [0, 0.1) is 18.2 Å². The van der Waals surface area contributed by atoms with E-state index in [2.05, 4.69) is 144 Å². The third-order valence-corrected chi connectivity index (χ3v) is 9.27. The van der Waals surface area contributed by atoms with Crippen molar-refractivity contribution in [1.29, 1.82) is 0 Å². The Morgan fingerprint density at radius 2 is 1.06 bits per heavy atom. The number of rotatable bonds is 4. The van der Waals surface area contributed by atoms with Crippen molar-refractivity contribution in [2.75, 3.05) is 0 Å². The monoisotopic (exact) mass is 820 g/mol. The van der Waals surface area contributed by atoms with Gasteiger partial charge in [0, 0.05) is 37.7 Å². The summed E-state index contributed by atoms with van der Waals surface area (Å²) in [6, 6.07) is 72.3. The zero-order valence-electron chi connectivity index (χ0n) is 27.6. The number of nitrogens with zero attached hydrogens (tertiary/aromatic N) is 1. The van der Waals surface area contributed by atoms with E-state index in [4.69, 9.17) is 4.42 Å². The molecule has 3 heteroatoms. The summed E-state index contributed by atoms with van der Waals surface area (Å²) in [7, 11) is 0. The summed E-state index contributed by atoms with van der Waals surface area (Å²) in [5.74, 6) is 0. The van der Waals surface area contributed by atoms with Gasteiger partial charge in [0.25, 0.3) is 0 Å². The Balaban J connectivity index is 0.000000245. The molecule has 51 heavy (non-hydrogen) atoms. The molecule has 0 spiro atoms. The average Bonchev–Trinajstić information content (AvgIpc) is 3.75. The van der Waals surface area contributed by atoms with Crippen LogP contribution in [0.25, 0.3) is 82.8 Å². The second-order valence-electron chi connectivity index (χ2n) is 12.3. The van der Waals surface area contributed by atoms with E-state index >= 15 is 0 Å². The molecule has 0 bridgehead atoms. The Hall–Kier alpha value is -5.95. The van der Waals surface area contributed by atoms with Gasteiger partial charge in [0.15, 0.2) is 0 Å². The minimum Gasteiger partial charge on any atom is -0.456 e. The van der Waals surface area contributed by atoms with Crippen molar-refractivity contribution in [3.63, 3.8) is 0 Å². The Bertz CT molecular complexity index is 2640. The smallest absolute Gasteiger partial charge is 0.137 e. The normalized spacial score (nSPS) is 11.0. The van der Waals surface area contributed by atoms with Crippen LogP contribution in [0.3, 0.4) is 0 Å². The number of benzene rings is 8. The third-order valence-electron chi connectivity index (χ3n) is 9.27. The van der Waals surface area contributed by atoms with Gasteiger partial charge in [-0.3, -0.25) is 0 Å². The first kappa shape index (κ1) is 32.3. The molecule has 0 N–H and O–H groups in total. The maximum Gasteiger partial charge on any atom is 0.137 e. The molecule has 0 unspecified atom stereocenters. The molecule has 0 atom stereocenters. The fourth-order valence-corrected chi connectivity index (χ4v) is 6.90. The van der Waals surface area contributed by atoms with E-state index < -0.39 is 0 Å². The van der Waals surface area contributed by atoms with E-state index in [1.165, 1.54) is 33.0 Å². The van der Waals surface area contributed by atoms with Crippen LogP contribution in [-0.4, -0.2) is 4.57 Å². The van der Waals surface area contributed by atoms with E-state index in [1.54, 1.807) is 0 Å². The second kappa shape index (κ2) is 14.1. The van der Waals surface area contributed by atoms with Crippen LogP contribution >= 0.6 is 0 Å². The Morgan fingerprint density at radius 1 is 0.431 bits per heavy atom. The number of hydrogen-bond donors (Lipinski definition) is 0. The average molecular weight is 821 g/mol. The predicted octanol–water partition coefficient (Wildman–Crippen LogP) is 12.8. The maximum absolute atomic E-state index is 6.45. The van der Waals surface area contributed by atoms with Crippen LogP contribution in [0.1, 0.15) is 0 Å². The van der Waals surface area contributed by atoms with Crippen LogP contribution in [0.5, 0.6) is 0 Å². The molecule has 0 saturated heterocycles. The fourth-order valence-electron chi connectivity index (χ4n) is 6.90. The van der Waals surface area contributed by atoms with Gasteiger partial charge < -0.3 is 8.98 Å². The van der Waals surface area contributed by atoms with E-state index in [0.29, 0.717) is 0 Å². The van der Waals surface area contributed by atoms with Gasteiger partial charge >= 0.3 is 0 Å². The minimum absolute atomic E-state index is 0. The standard InChI is InChI=1S/C36H22NO.C12H8.W/c1-2-9-24(10-3-1)25-17-19-26(20-18-25)27-21-22-30-35(23-27)38-34-16-8-15-33(36(30)34)37-31-13-6-4-11-28(31)29-12-5-7-14-32(29)37;1-3-7-11(8-4-1)12-9-5-2-6-10-12;/h1-6,8-23H;1-7,9H;/q-1;-2;. The molecule has 0 radical (unpaired) electrons. The zero-order valence-corrected chi connectivity index (χ0v) is 30.5. The van der Waals surface area contributed by atoms with Crippen molar-refractivity contribution in [3.05, 3.63) is 200 Å². The van der Waals surface area contributed by atoms with Gasteiger partial charge in [-0.2, -0.15) is 72.8 Å². The van der Waals surface area contributed by atoms with Gasteiger partial charge in [-0.25, -0.2) is 11.1 Å². The second-order valence-corrected chi connectivity index (χ2v) is 12.3. The van der Waals surface area contributed by atoms with Crippen LogP contribution in [0.2, 0.25) is 0 Å². The van der Waals surface area contributed by atoms with Gasteiger partial charge in [-0.1, -0.05) is 90.4 Å². The number of hydrogen-bond acceptors (Lipinski definition) is 1. The van der Waals surface area contributed by atoms with E-state index in [9.17, 15) is 0 Å². The number of furan rings is 1. The van der Waals surface area contributed by atoms with Crippen molar-refractivity contribution in [2.24, 2.45) is 0 Å². The topological polar surface area (TPSA) is 18.1 Å². The maximum atomic E-state index is 6.45. The molecule has 10 rings (SSSR count). The first-order valence-electron chi connectivity index (χ1n) is 16.8. The first-order chi connectivity index (χ1) is 24.8. The van der Waals surface area contributed by atoms with E-state index in [-0.39, 0.29) is 21.1 Å². The molecule has 0 aliphatic rings. The summed E-state index contributed by atoms with van der Waals surface area (Å²) in [4.78, 5) is 0. The van der Waals surface area contributed by atoms with Crippen molar-refractivity contribution < 1.29 is 25.5 Å². The quantitative estimate of drug-likeness (QED) is 0.162. The van der Waals surface area contributed by atoms with E-state index in [1.807, 2.05) is 60.7 Å². The van der Waals surface area contributed by atoms with Crippen LogP contribution in [0.15, 0.2) is 186 Å². The predicted molar refractivity (Wildman–Crippen MR) is 207 cm³/mol. The molecule has 242 valence electrons. The van der Waals surface area contributed by atoms with Crippen molar-refractivity contribution in [3.8, 4) is 39.1 Å². The van der Waals surface area contributed by atoms with Crippen molar-refractivity contribution >= 4 is 43.7 Å². The molecule has 0 saturated carbocycles. The van der Waals surface area contributed by atoms with Gasteiger partial charge in [-0.15, -0.1) is 17.5 Å². The van der Waals surface area contributed by atoms with Gasteiger partial charge in [0.05, 0.1) is 5.39 Å². The molecule has 0 amide bonds. The summed E-state index contributed by atoms with van der Waals surface area (Å²) in [6.45, 7) is 0. The summed E-state index contributed by atoms with van der Waals surface area (Å²) in [5.41, 5.74) is 12.2. The summed E-state index contributed by atoms with van der Waals surface area (Å²) in [5, 5.41) is 4.71. The van der Waals surface area contributed by atoms with Gasteiger partial charge in [0.2, 0.25) is 0 Å². The Labute approximate surface area is 311 Å². The molecule has 8 aromatic carbocycles.